The smallest absolute Gasteiger partial charge is 0.227 e. The standard InChI is InChI=1S/C22H27ClN2O/c1-16(2)19-8-4-6-10-21(19)24-22(26)17-11-13-25(14-12-17)15-18-7-3-5-9-20(18)23/h3-10,16-17H,11-15H2,1-2H3,(H,24,26). The molecule has 1 saturated heterocycles. The zero-order chi connectivity index (χ0) is 18.5. The molecular formula is C22H27ClN2O. The first-order chi connectivity index (χ1) is 12.5. The Labute approximate surface area is 161 Å². The van der Waals surface area contributed by atoms with Crippen LogP contribution in [0.5, 0.6) is 0 Å². The predicted octanol–water partition coefficient (Wildman–Crippen LogP) is 5.31. The Balaban J connectivity index is 1.55. The summed E-state index contributed by atoms with van der Waals surface area (Å²) in [6, 6.07) is 16.1. The molecule has 0 spiro atoms. The molecule has 4 heteroatoms. The highest BCUT2D eigenvalue weighted by Gasteiger charge is 2.25. The Morgan fingerprint density at radius 1 is 1.12 bits per heavy atom. The number of hydrogen-bond donors (Lipinski definition) is 1. The van der Waals surface area contributed by atoms with Crippen molar-refractivity contribution < 1.29 is 4.79 Å². The highest BCUT2D eigenvalue weighted by molar-refractivity contribution is 6.31. The summed E-state index contributed by atoms with van der Waals surface area (Å²) in [6.07, 6.45) is 1.78. The minimum absolute atomic E-state index is 0.0812. The summed E-state index contributed by atoms with van der Waals surface area (Å²) < 4.78 is 0. The van der Waals surface area contributed by atoms with E-state index < -0.39 is 0 Å². The van der Waals surface area contributed by atoms with E-state index in [1.54, 1.807) is 0 Å². The molecule has 1 fully saturated rings. The van der Waals surface area contributed by atoms with Crippen LogP contribution in [0.1, 0.15) is 43.7 Å². The molecule has 1 N–H and O–H groups in total. The first-order valence-electron chi connectivity index (χ1n) is 9.40. The van der Waals surface area contributed by atoms with E-state index in [1.165, 1.54) is 5.56 Å². The molecule has 0 aliphatic carbocycles. The van der Waals surface area contributed by atoms with Gasteiger partial charge in [-0.3, -0.25) is 9.69 Å². The largest absolute Gasteiger partial charge is 0.326 e. The van der Waals surface area contributed by atoms with Crippen molar-refractivity contribution in [3.8, 4) is 0 Å². The second-order valence-corrected chi connectivity index (χ2v) is 7.78. The van der Waals surface area contributed by atoms with E-state index in [9.17, 15) is 4.79 Å². The Morgan fingerprint density at radius 2 is 1.77 bits per heavy atom. The van der Waals surface area contributed by atoms with Crippen LogP contribution in [0.15, 0.2) is 48.5 Å². The SMILES string of the molecule is CC(C)c1ccccc1NC(=O)C1CCN(Cc2ccccc2Cl)CC1. The molecule has 0 aromatic heterocycles. The van der Waals surface area contributed by atoms with Gasteiger partial charge in [0.25, 0.3) is 0 Å². The van der Waals surface area contributed by atoms with Crippen molar-refractivity contribution >= 4 is 23.2 Å². The number of nitrogens with one attached hydrogen (secondary N) is 1. The summed E-state index contributed by atoms with van der Waals surface area (Å²) in [5, 5.41) is 3.97. The normalized spacial score (nSPS) is 16.0. The van der Waals surface area contributed by atoms with E-state index in [2.05, 4.69) is 36.2 Å². The number of carbonyl (C=O) groups is 1. The fourth-order valence-corrected chi connectivity index (χ4v) is 3.77. The van der Waals surface area contributed by atoms with Crippen molar-refractivity contribution in [3.63, 3.8) is 0 Å². The number of carbonyl (C=O) groups excluding carboxylic acids is 1. The minimum Gasteiger partial charge on any atom is -0.326 e. The van der Waals surface area contributed by atoms with Crippen molar-refractivity contribution in [3.05, 3.63) is 64.7 Å². The van der Waals surface area contributed by atoms with Crippen LogP contribution in [-0.2, 0) is 11.3 Å². The van der Waals surface area contributed by atoms with Crippen LogP contribution in [0.2, 0.25) is 5.02 Å². The lowest BCUT2D eigenvalue weighted by molar-refractivity contribution is -0.121. The van der Waals surface area contributed by atoms with Crippen LogP contribution in [0.4, 0.5) is 5.69 Å². The summed E-state index contributed by atoms with van der Waals surface area (Å²) in [5.41, 5.74) is 3.30. The first kappa shape index (κ1) is 18.9. The Bertz CT molecular complexity index is 751. The van der Waals surface area contributed by atoms with E-state index in [-0.39, 0.29) is 11.8 Å². The fourth-order valence-electron chi connectivity index (χ4n) is 3.57. The third-order valence-electron chi connectivity index (χ3n) is 5.15. The molecule has 1 aliphatic rings. The summed E-state index contributed by atoms with van der Waals surface area (Å²) in [5.74, 6) is 0.622. The zero-order valence-electron chi connectivity index (χ0n) is 15.5. The second kappa shape index (κ2) is 8.70. The van der Waals surface area contributed by atoms with Crippen LogP contribution in [0.25, 0.3) is 0 Å². The Kier molecular flexibility index (Phi) is 6.33. The van der Waals surface area contributed by atoms with E-state index in [4.69, 9.17) is 11.6 Å². The molecule has 0 radical (unpaired) electrons. The average molecular weight is 371 g/mol. The third kappa shape index (κ3) is 4.66. The molecule has 0 atom stereocenters. The fraction of sp³-hybridized carbons (Fsp3) is 0.409. The van der Waals surface area contributed by atoms with Crippen LogP contribution in [0, 0.1) is 5.92 Å². The number of nitrogens with zero attached hydrogens (tertiary/aromatic N) is 1. The van der Waals surface area contributed by atoms with Crippen LogP contribution >= 0.6 is 11.6 Å². The van der Waals surface area contributed by atoms with Gasteiger partial charge in [0.1, 0.15) is 0 Å². The lowest BCUT2D eigenvalue weighted by Crippen LogP contribution is -2.37. The van der Waals surface area contributed by atoms with Gasteiger partial charge in [0.15, 0.2) is 0 Å². The summed E-state index contributed by atoms with van der Waals surface area (Å²) in [4.78, 5) is 15.1. The van der Waals surface area contributed by atoms with Gasteiger partial charge >= 0.3 is 0 Å². The molecule has 2 aromatic carbocycles. The van der Waals surface area contributed by atoms with Gasteiger partial charge < -0.3 is 5.32 Å². The molecule has 0 saturated carbocycles. The predicted molar refractivity (Wildman–Crippen MR) is 109 cm³/mol. The van der Waals surface area contributed by atoms with Crippen LogP contribution in [-0.4, -0.2) is 23.9 Å². The number of para-hydroxylation sites is 1. The number of benzene rings is 2. The Hall–Kier alpha value is -1.84. The lowest BCUT2D eigenvalue weighted by Gasteiger charge is -2.31. The van der Waals surface area contributed by atoms with Crippen molar-refractivity contribution in [1.29, 1.82) is 0 Å². The molecule has 0 bridgehead atoms. The molecule has 138 valence electrons. The maximum absolute atomic E-state index is 12.7. The summed E-state index contributed by atoms with van der Waals surface area (Å²) in [7, 11) is 0. The van der Waals surface area contributed by atoms with Gasteiger partial charge in [-0.2, -0.15) is 0 Å². The van der Waals surface area contributed by atoms with Gasteiger partial charge in [0, 0.05) is 23.2 Å². The topological polar surface area (TPSA) is 32.3 Å². The number of hydrogen-bond acceptors (Lipinski definition) is 2. The number of rotatable bonds is 5. The maximum atomic E-state index is 12.7. The maximum Gasteiger partial charge on any atom is 0.227 e. The van der Waals surface area contributed by atoms with Gasteiger partial charge in [-0.1, -0.05) is 61.8 Å². The van der Waals surface area contributed by atoms with Crippen molar-refractivity contribution in [2.24, 2.45) is 5.92 Å². The summed E-state index contributed by atoms with van der Waals surface area (Å²) >= 11 is 6.26. The highest BCUT2D eigenvalue weighted by atomic mass is 35.5. The van der Waals surface area contributed by atoms with Crippen molar-refractivity contribution in [2.45, 2.75) is 39.2 Å². The summed E-state index contributed by atoms with van der Waals surface area (Å²) in [6.45, 7) is 7.00. The van der Waals surface area contributed by atoms with Gasteiger partial charge in [0.05, 0.1) is 0 Å². The molecule has 1 heterocycles. The lowest BCUT2D eigenvalue weighted by atomic mass is 9.94. The van der Waals surface area contributed by atoms with E-state index in [0.29, 0.717) is 5.92 Å². The number of piperidine rings is 1. The molecule has 1 aliphatic heterocycles. The molecule has 26 heavy (non-hydrogen) atoms. The average Bonchev–Trinajstić information content (AvgIpc) is 2.64. The molecule has 3 rings (SSSR count). The third-order valence-corrected chi connectivity index (χ3v) is 5.52. The number of amides is 1. The van der Waals surface area contributed by atoms with Crippen LogP contribution in [0.3, 0.4) is 0 Å². The molecular weight excluding hydrogens is 344 g/mol. The van der Waals surface area contributed by atoms with Crippen LogP contribution < -0.4 is 5.32 Å². The monoisotopic (exact) mass is 370 g/mol. The van der Waals surface area contributed by atoms with Gasteiger partial charge in [-0.25, -0.2) is 0 Å². The molecule has 0 unspecified atom stereocenters. The van der Waals surface area contributed by atoms with E-state index >= 15 is 0 Å². The molecule has 3 nitrogen and oxygen atoms in total. The minimum atomic E-state index is 0.0812. The van der Waals surface area contributed by atoms with Gasteiger partial charge in [-0.15, -0.1) is 0 Å². The van der Waals surface area contributed by atoms with E-state index in [1.807, 2.05) is 36.4 Å². The Morgan fingerprint density at radius 3 is 2.46 bits per heavy atom. The van der Waals surface area contributed by atoms with Gasteiger partial charge in [-0.05, 0) is 55.1 Å². The highest BCUT2D eigenvalue weighted by Crippen LogP contribution is 2.27. The molecule has 1 amide bonds. The zero-order valence-corrected chi connectivity index (χ0v) is 16.3. The van der Waals surface area contributed by atoms with E-state index in [0.717, 1.165) is 48.7 Å². The quantitative estimate of drug-likeness (QED) is 0.773. The number of halogens is 1. The second-order valence-electron chi connectivity index (χ2n) is 7.37. The van der Waals surface area contributed by atoms with Gasteiger partial charge in [0.2, 0.25) is 5.91 Å². The first-order valence-corrected chi connectivity index (χ1v) is 9.78. The molecule has 2 aromatic rings. The van der Waals surface area contributed by atoms with Crippen molar-refractivity contribution in [2.75, 3.05) is 18.4 Å². The number of likely N-dealkylation sites (tertiary alicyclic amines) is 1. The number of anilines is 1. The van der Waals surface area contributed by atoms with Crippen molar-refractivity contribution in [1.82, 2.24) is 4.90 Å².